The number of amides is 1. The van der Waals surface area contributed by atoms with Crippen molar-refractivity contribution in [3.8, 4) is 0 Å². The van der Waals surface area contributed by atoms with E-state index in [0.717, 1.165) is 12.1 Å². The molecule has 34 heavy (non-hydrogen) atoms. The molecule has 0 aliphatic carbocycles. The SMILES string of the molecule is COC1(N(C)C)NC(NC(=O)c2ccc(F)cc2F)(C(C)(C)C)C(C(=O)O)N1c1ccccc1. The van der Waals surface area contributed by atoms with Crippen molar-refractivity contribution in [3.63, 3.8) is 0 Å². The number of carboxylic acids is 1. The standard InChI is InChI=1S/C24H30F2N4O4/c1-22(2,3)23(27-20(31)17-13-12-15(25)14-18(17)26)19(21(32)33)30(16-10-8-7-9-11-16)24(28-23,34-6)29(4)5/h7-14,19,28H,1-6H3,(H,27,31)(H,32,33). The lowest BCUT2D eigenvalue weighted by atomic mass is 9.75. The number of aliphatic carboxylic acids is 1. The van der Waals surface area contributed by atoms with Crippen molar-refractivity contribution in [1.29, 1.82) is 0 Å². The second kappa shape index (κ2) is 8.94. The molecule has 1 fully saturated rings. The Morgan fingerprint density at radius 1 is 1.15 bits per heavy atom. The zero-order valence-corrected chi connectivity index (χ0v) is 20.0. The van der Waals surface area contributed by atoms with Crippen molar-refractivity contribution in [3.05, 3.63) is 65.7 Å². The van der Waals surface area contributed by atoms with Gasteiger partial charge in [0.15, 0.2) is 6.04 Å². The van der Waals surface area contributed by atoms with E-state index >= 15 is 0 Å². The first kappa shape index (κ1) is 25.5. The highest BCUT2D eigenvalue weighted by molar-refractivity contribution is 5.96. The molecule has 1 aliphatic heterocycles. The Morgan fingerprint density at radius 3 is 2.24 bits per heavy atom. The molecule has 8 nitrogen and oxygen atoms in total. The monoisotopic (exact) mass is 476 g/mol. The molecule has 0 saturated carbocycles. The molecule has 1 heterocycles. The second-order valence-corrected chi connectivity index (χ2v) is 9.41. The maximum Gasteiger partial charge on any atom is 0.330 e. The predicted molar refractivity (Wildman–Crippen MR) is 123 cm³/mol. The Morgan fingerprint density at radius 2 is 1.76 bits per heavy atom. The number of nitrogens with zero attached hydrogens (tertiary/aromatic N) is 2. The lowest BCUT2D eigenvalue weighted by molar-refractivity contribution is -0.142. The summed E-state index contributed by atoms with van der Waals surface area (Å²) in [5, 5.41) is 16.5. The molecular weight excluding hydrogens is 446 g/mol. The minimum absolute atomic E-state index is 0.415. The number of carbonyl (C=O) groups is 2. The van der Waals surface area contributed by atoms with E-state index in [-0.39, 0.29) is 0 Å². The smallest absolute Gasteiger partial charge is 0.330 e. The zero-order chi connectivity index (χ0) is 25.5. The predicted octanol–water partition coefficient (Wildman–Crippen LogP) is 2.82. The summed E-state index contributed by atoms with van der Waals surface area (Å²) in [6.45, 7) is 5.26. The van der Waals surface area contributed by atoms with Gasteiger partial charge in [0.25, 0.3) is 11.9 Å². The summed E-state index contributed by atoms with van der Waals surface area (Å²) < 4.78 is 33.8. The molecule has 2 aromatic rings. The highest BCUT2D eigenvalue weighted by Gasteiger charge is 2.68. The lowest BCUT2D eigenvalue weighted by Crippen LogP contribution is -2.73. The molecule has 3 N–H and O–H groups in total. The number of hydrogen-bond donors (Lipinski definition) is 3. The minimum atomic E-state index is -1.67. The van der Waals surface area contributed by atoms with Gasteiger partial charge in [-0.2, -0.15) is 0 Å². The van der Waals surface area contributed by atoms with Crippen LogP contribution in [0.25, 0.3) is 0 Å². The Hall–Kier alpha value is -3.08. The number of carbonyl (C=O) groups excluding carboxylic acids is 1. The molecule has 1 aliphatic rings. The molecule has 3 atom stereocenters. The summed E-state index contributed by atoms with van der Waals surface area (Å²) in [5.41, 5.74) is -2.51. The maximum absolute atomic E-state index is 14.5. The van der Waals surface area contributed by atoms with E-state index in [0.29, 0.717) is 11.8 Å². The average molecular weight is 477 g/mol. The van der Waals surface area contributed by atoms with Crippen molar-refractivity contribution in [2.45, 2.75) is 38.4 Å². The first-order valence-electron chi connectivity index (χ1n) is 10.7. The van der Waals surface area contributed by atoms with Crippen molar-refractivity contribution in [2.24, 2.45) is 5.41 Å². The van der Waals surface area contributed by atoms with Crippen LogP contribution in [0.3, 0.4) is 0 Å². The Kier molecular flexibility index (Phi) is 6.71. The van der Waals surface area contributed by atoms with Crippen molar-refractivity contribution in [1.82, 2.24) is 15.5 Å². The number of benzene rings is 2. The largest absolute Gasteiger partial charge is 0.480 e. The van der Waals surface area contributed by atoms with Gasteiger partial charge in [-0.25, -0.2) is 18.9 Å². The van der Waals surface area contributed by atoms with Crippen LogP contribution in [0.2, 0.25) is 0 Å². The minimum Gasteiger partial charge on any atom is -0.480 e. The van der Waals surface area contributed by atoms with Gasteiger partial charge < -0.3 is 20.1 Å². The van der Waals surface area contributed by atoms with Crippen LogP contribution < -0.4 is 15.5 Å². The fourth-order valence-corrected chi connectivity index (χ4v) is 4.43. The molecule has 3 unspecified atom stereocenters. The Bertz CT molecular complexity index is 1080. The Balaban J connectivity index is 2.26. The summed E-state index contributed by atoms with van der Waals surface area (Å²) in [6.07, 6.45) is 0. The van der Waals surface area contributed by atoms with Crippen LogP contribution in [-0.4, -0.2) is 60.8 Å². The van der Waals surface area contributed by atoms with Crippen LogP contribution in [-0.2, 0) is 9.53 Å². The summed E-state index contributed by atoms with van der Waals surface area (Å²) in [5.74, 6) is -5.54. The van der Waals surface area contributed by atoms with E-state index in [4.69, 9.17) is 4.74 Å². The van der Waals surface area contributed by atoms with Crippen LogP contribution in [0, 0.1) is 17.0 Å². The van der Waals surface area contributed by atoms with E-state index in [9.17, 15) is 23.5 Å². The molecule has 0 bridgehead atoms. The van der Waals surface area contributed by atoms with E-state index in [1.165, 1.54) is 12.0 Å². The molecule has 2 aromatic carbocycles. The van der Waals surface area contributed by atoms with Crippen molar-refractivity contribution >= 4 is 17.6 Å². The van der Waals surface area contributed by atoms with Crippen LogP contribution in [0.4, 0.5) is 14.5 Å². The summed E-state index contributed by atoms with van der Waals surface area (Å²) >= 11 is 0. The number of methoxy groups -OCH3 is 1. The van der Waals surface area contributed by atoms with Crippen molar-refractivity contribution < 1.29 is 28.2 Å². The van der Waals surface area contributed by atoms with Crippen LogP contribution in [0.15, 0.2) is 48.5 Å². The molecule has 184 valence electrons. The van der Waals surface area contributed by atoms with Gasteiger partial charge in [-0.3, -0.25) is 9.69 Å². The second-order valence-electron chi connectivity index (χ2n) is 9.41. The van der Waals surface area contributed by atoms with Gasteiger partial charge in [0.1, 0.15) is 17.3 Å². The van der Waals surface area contributed by atoms with Crippen LogP contribution in [0.5, 0.6) is 0 Å². The third-order valence-corrected chi connectivity index (χ3v) is 6.18. The lowest BCUT2D eigenvalue weighted by Gasteiger charge is -2.45. The van der Waals surface area contributed by atoms with Gasteiger partial charge in [0.05, 0.1) is 5.56 Å². The molecule has 0 aromatic heterocycles. The molecular formula is C24H30F2N4O4. The van der Waals surface area contributed by atoms with Gasteiger partial charge in [-0.05, 0) is 38.4 Å². The Labute approximate surface area is 197 Å². The number of para-hydroxylation sites is 1. The topological polar surface area (TPSA) is 94.1 Å². The van der Waals surface area contributed by atoms with Gasteiger partial charge >= 0.3 is 5.97 Å². The number of nitrogens with one attached hydrogen (secondary N) is 2. The van der Waals surface area contributed by atoms with Gasteiger partial charge in [0, 0.05) is 24.3 Å². The molecule has 3 rings (SSSR count). The molecule has 1 amide bonds. The summed E-state index contributed by atoms with van der Waals surface area (Å²) in [6, 6.07) is 9.96. The van der Waals surface area contributed by atoms with Crippen molar-refractivity contribution in [2.75, 3.05) is 26.1 Å². The highest BCUT2D eigenvalue weighted by Crippen LogP contribution is 2.46. The number of anilines is 1. The summed E-state index contributed by atoms with van der Waals surface area (Å²) in [4.78, 5) is 29.3. The highest BCUT2D eigenvalue weighted by atomic mass is 19.1. The quantitative estimate of drug-likeness (QED) is 0.552. The molecule has 10 heteroatoms. The van der Waals surface area contributed by atoms with Crippen LogP contribution >= 0.6 is 0 Å². The van der Waals surface area contributed by atoms with Gasteiger partial charge in [-0.1, -0.05) is 39.0 Å². The fourth-order valence-electron chi connectivity index (χ4n) is 4.43. The van der Waals surface area contributed by atoms with E-state index in [2.05, 4.69) is 10.6 Å². The molecule has 1 saturated heterocycles. The van der Waals surface area contributed by atoms with E-state index < -0.39 is 52.2 Å². The first-order valence-corrected chi connectivity index (χ1v) is 10.7. The fraction of sp³-hybridized carbons (Fsp3) is 0.417. The van der Waals surface area contributed by atoms with Gasteiger partial charge in [0.2, 0.25) is 0 Å². The third-order valence-electron chi connectivity index (χ3n) is 6.18. The average Bonchev–Trinajstić information content (AvgIpc) is 3.07. The zero-order valence-electron chi connectivity index (χ0n) is 20.0. The number of rotatable bonds is 6. The number of hydrogen-bond acceptors (Lipinski definition) is 6. The number of ether oxygens (including phenoxy) is 1. The maximum atomic E-state index is 14.5. The summed E-state index contributed by atoms with van der Waals surface area (Å²) in [7, 11) is 4.82. The third kappa shape index (κ3) is 4.02. The normalized spacial score (nSPS) is 25.0. The van der Waals surface area contributed by atoms with E-state index in [1.807, 2.05) is 0 Å². The molecule has 0 spiro atoms. The van der Waals surface area contributed by atoms with Crippen LogP contribution in [0.1, 0.15) is 31.1 Å². The number of carboxylic acid groups (broad SMARTS) is 1. The first-order chi connectivity index (χ1) is 15.8. The molecule has 0 radical (unpaired) electrons. The van der Waals surface area contributed by atoms with E-state index in [1.54, 1.807) is 70.1 Å². The number of halogens is 2. The van der Waals surface area contributed by atoms with Gasteiger partial charge in [-0.15, -0.1) is 0 Å².